The fourth-order valence-electron chi connectivity index (χ4n) is 0.567. The van der Waals surface area contributed by atoms with Crippen LogP contribution in [0.4, 0.5) is 0 Å². The number of para-hydroxylation sites is 1. The van der Waals surface area contributed by atoms with Crippen molar-refractivity contribution in [2.45, 2.75) is 0 Å². The molecule has 1 N–H and O–H groups in total. The maximum Gasteiger partial charge on any atom is 0.299 e. The molecule has 0 aliphatic rings. The first kappa shape index (κ1) is 10.9. The Balaban J connectivity index is 0.000000424. The molecule has 70 valence electrons. The zero-order chi connectivity index (χ0) is 10.1. The summed E-state index contributed by atoms with van der Waals surface area (Å²) in [5.74, 6) is 0.243. The Hall–Kier alpha value is -2.11. The molecular weight excluding hydrogens is 178 g/mol. The highest BCUT2D eigenvalue weighted by Gasteiger charge is 1.94. The van der Waals surface area contributed by atoms with Gasteiger partial charge in [0.15, 0.2) is 0 Å². The smallest absolute Gasteiger partial charge is 0.299 e. The summed E-state index contributed by atoms with van der Waals surface area (Å²) in [6.07, 6.45) is 0. The summed E-state index contributed by atoms with van der Waals surface area (Å²) in [5.41, 5.74) is 0. The van der Waals surface area contributed by atoms with E-state index < -0.39 is 5.09 Å². The van der Waals surface area contributed by atoms with Crippen LogP contribution in [0.5, 0.6) is 5.75 Å². The van der Waals surface area contributed by atoms with Gasteiger partial charge < -0.3 is 5.11 Å². The molecule has 0 atom stereocenters. The molecule has 0 bridgehead atoms. The van der Waals surface area contributed by atoms with Gasteiger partial charge in [-0.15, -0.1) is 10.1 Å². The third-order valence-electron chi connectivity index (χ3n) is 0.923. The highest BCUT2D eigenvalue weighted by atomic mass is 17.0. The van der Waals surface area contributed by atoms with E-state index in [2.05, 4.69) is 4.84 Å². The standard InChI is InChI=1S/C6H5NO3.CH2O2/c8-7(9)10-6-4-2-1-3-5-6;2-1-3/h1-5H;1H,(H,2,3). The lowest BCUT2D eigenvalue weighted by Crippen LogP contribution is -2.02. The van der Waals surface area contributed by atoms with Crippen LogP contribution in [-0.4, -0.2) is 16.7 Å². The quantitative estimate of drug-likeness (QED) is 0.421. The second-order valence-corrected chi connectivity index (χ2v) is 1.73. The minimum atomic E-state index is -0.838. The van der Waals surface area contributed by atoms with Crippen LogP contribution >= 0.6 is 0 Å². The molecule has 0 fully saturated rings. The van der Waals surface area contributed by atoms with Gasteiger partial charge in [0.05, 0.1) is 0 Å². The summed E-state index contributed by atoms with van der Waals surface area (Å²) in [5, 5.41) is 15.8. The van der Waals surface area contributed by atoms with E-state index in [1.165, 1.54) is 12.1 Å². The highest BCUT2D eigenvalue weighted by molar-refractivity contribution is 5.32. The van der Waals surface area contributed by atoms with Crippen molar-refractivity contribution < 1.29 is 19.8 Å². The van der Waals surface area contributed by atoms with Crippen LogP contribution in [0.25, 0.3) is 0 Å². The minimum absolute atomic E-state index is 0.243. The summed E-state index contributed by atoms with van der Waals surface area (Å²) in [7, 11) is 0. The first-order valence-electron chi connectivity index (χ1n) is 3.16. The Labute approximate surface area is 73.5 Å². The number of rotatable bonds is 2. The number of nitrogens with zero attached hydrogens (tertiary/aromatic N) is 1. The fraction of sp³-hybridized carbons (Fsp3) is 0. The number of hydrogen-bond donors (Lipinski definition) is 1. The van der Waals surface area contributed by atoms with Crippen LogP contribution in [0.3, 0.4) is 0 Å². The Morgan fingerprint density at radius 2 is 1.85 bits per heavy atom. The Bertz CT molecular complexity index is 261. The molecule has 0 saturated heterocycles. The normalized spacial score (nSPS) is 7.69. The number of carboxylic acid groups (broad SMARTS) is 1. The van der Waals surface area contributed by atoms with Crippen molar-refractivity contribution in [3.05, 3.63) is 40.4 Å². The van der Waals surface area contributed by atoms with Gasteiger partial charge in [-0.1, -0.05) is 18.2 Å². The molecule has 6 nitrogen and oxygen atoms in total. The molecule has 0 aliphatic carbocycles. The lowest BCUT2D eigenvalue weighted by molar-refractivity contribution is -0.711. The lowest BCUT2D eigenvalue weighted by Gasteiger charge is -1.93. The average molecular weight is 185 g/mol. The molecule has 0 saturated carbocycles. The third kappa shape index (κ3) is 6.29. The van der Waals surface area contributed by atoms with E-state index in [1.54, 1.807) is 18.2 Å². The third-order valence-corrected chi connectivity index (χ3v) is 0.923. The van der Waals surface area contributed by atoms with E-state index in [9.17, 15) is 10.1 Å². The topological polar surface area (TPSA) is 89.7 Å². The number of benzene rings is 1. The van der Waals surface area contributed by atoms with E-state index in [0.717, 1.165) is 0 Å². The van der Waals surface area contributed by atoms with Gasteiger partial charge in [0, 0.05) is 0 Å². The molecule has 6 heteroatoms. The van der Waals surface area contributed by atoms with E-state index in [1.807, 2.05) is 0 Å². The summed E-state index contributed by atoms with van der Waals surface area (Å²) in [6.45, 7) is -0.250. The molecule has 13 heavy (non-hydrogen) atoms. The maximum absolute atomic E-state index is 9.75. The summed E-state index contributed by atoms with van der Waals surface area (Å²) >= 11 is 0. The van der Waals surface area contributed by atoms with Crippen molar-refractivity contribution in [2.24, 2.45) is 0 Å². The van der Waals surface area contributed by atoms with Gasteiger partial charge in [-0.2, -0.15) is 0 Å². The monoisotopic (exact) mass is 185 g/mol. The molecule has 0 radical (unpaired) electrons. The van der Waals surface area contributed by atoms with Crippen molar-refractivity contribution in [3.8, 4) is 5.75 Å². The average Bonchev–Trinajstić information content (AvgIpc) is 2.06. The van der Waals surface area contributed by atoms with Gasteiger partial charge in [0.1, 0.15) is 5.75 Å². The Morgan fingerprint density at radius 1 is 1.38 bits per heavy atom. The Morgan fingerprint density at radius 3 is 2.23 bits per heavy atom. The van der Waals surface area contributed by atoms with Gasteiger partial charge >= 0.3 is 0 Å². The molecule has 0 spiro atoms. The first-order chi connectivity index (χ1) is 6.20. The van der Waals surface area contributed by atoms with E-state index in [0.29, 0.717) is 0 Å². The summed E-state index contributed by atoms with van der Waals surface area (Å²) in [4.78, 5) is 22.2. The Kier molecular flexibility index (Phi) is 5.52. The fourth-order valence-corrected chi connectivity index (χ4v) is 0.567. The van der Waals surface area contributed by atoms with Crippen molar-refractivity contribution in [1.29, 1.82) is 0 Å². The van der Waals surface area contributed by atoms with Crippen LogP contribution in [0, 0.1) is 10.1 Å². The second-order valence-electron chi connectivity index (χ2n) is 1.73. The summed E-state index contributed by atoms with van der Waals surface area (Å²) < 4.78 is 0. The highest BCUT2D eigenvalue weighted by Crippen LogP contribution is 2.07. The predicted octanol–water partition coefficient (Wildman–Crippen LogP) is 0.958. The van der Waals surface area contributed by atoms with Crippen LogP contribution in [0.15, 0.2) is 30.3 Å². The van der Waals surface area contributed by atoms with E-state index in [4.69, 9.17) is 9.90 Å². The van der Waals surface area contributed by atoms with Gasteiger partial charge in [-0.3, -0.25) is 9.63 Å². The minimum Gasteiger partial charge on any atom is -0.483 e. The molecule has 1 aromatic carbocycles. The molecule has 0 heterocycles. The van der Waals surface area contributed by atoms with E-state index in [-0.39, 0.29) is 12.2 Å². The van der Waals surface area contributed by atoms with Crippen LogP contribution < -0.4 is 4.84 Å². The van der Waals surface area contributed by atoms with Gasteiger partial charge in [0.25, 0.3) is 11.6 Å². The van der Waals surface area contributed by atoms with Crippen molar-refractivity contribution in [3.63, 3.8) is 0 Å². The van der Waals surface area contributed by atoms with Gasteiger partial charge in [-0.05, 0) is 12.1 Å². The first-order valence-corrected chi connectivity index (χ1v) is 3.16. The van der Waals surface area contributed by atoms with E-state index >= 15 is 0 Å². The van der Waals surface area contributed by atoms with Gasteiger partial charge in [0.2, 0.25) is 0 Å². The number of hydrogen-bond acceptors (Lipinski definition) is 4. The molecule has 1 rings (SSSR count). The van der Waals surface area contributed by atoms with Gasteiger partial charge in [-0.25, -0.2) is 0 Å². The molecule has 1 aromatic rings. The van der Waals surface area contributed by atoms with Crippen molar-refractivity contribution >= 4 is 6.47 Å². The van der Waals surface area contributed by atoms with Crippen molar-refractivity contribution in [1.82, 2.24) is 0 Å². The van der Waals surface area contributed by atoms with Crippen molar-refractivity contribution in [2.75, 3.05) is 0 Å². The van der Waals surface area contributed by atoms with Crippen LogP contribution in [0.1, 0.15) is 0 Å². The molecule has 0 aliphatic heterocycles. The maximum atomic E-state index is 9.75. The predicted molar refractivity (Wildman–Crippen MR) is 42.8 cm³/mol. The van der Waals surface area contributed by atoms with Crippen LogP contribution in [0.2, 0.25) is 0 Å². The molecule has 0 unspecified atom stereocenters. The lowest BCUT2D eigenvalue weighted by atomic mass is 10.3. The molecule has 0 amide bonds. The zero-order valence-corrected chi connectivity index (χ0v) is 6.49. The second kappa shape index (κ2) is 6.59. The molecular formula is C7H7NO5. The van der Waals surface area contributed by atoms with Crippen LogP contribution in [-0.2, 0) is 4.79 Å². The molecule has 0 aromatic heterocycles. The zero-order valence-electron chi connectivity index (χ0n) is 6.49. The SMILES string of the molecule is O=CO.O=[N+]([O-])Oc1ccccc1. The summed E-state index contributed by atoms with van der Waals surface area (Å²) in [6, 6.07) is 8.12. The number of carbonyl (C=O) groups is 1. The largest absolute Gasteiger partial charge is 0.483 e.